The van der Waals surface area contributed by atoms with Crippen molar-refractivity contribution in [3.8, 4) is 5.88 Å². The lowest BCUT2D eigenvalue weighted by atomic mass is 9.78. The van der Waals surface area contributed by atoms with Gasteiger partial charge in [0.1, 0.15) is 11.4 Å². The highest BCUT2D eigenvalue weighted by Gasteiger charge is 2.36. The van der Waals surface area contributed by atoms with E-state index in [9.17, 15) is 4.79 Å². The fourth-order valence-corrected chi connectivity index (χ4v) is 4.95. The fraction of sp³-hybridized carbons (Fsp3) is 0.478. The molecule has 2 amide bonds. The second-order valence-corrected chi connectivity index (χ2v) is 9.49. The van der Waals surface area contributed by atoms with Gasteiger partial charge in [-0.25, -0.2) is 14.8 Å². The van der Waals surface area contributed by atoms with Gasteiger partial charge in [0.25, 0.3) is 0 Å². The molecule has 1 fully saturated rings. The molecule has 1 aliphatic heterocycles. The maximum atomic E-state index is 10.9. The summed E-state index contributed by atoms with van der Waals surface area (Å²) in [5.74, 6) is 2.09. The number of fused-ring (bicyclic) bond motifs is 1. The number of ether oxygens (including phenoxy) is 1. The molecule has 9 heteroatoms. The molecule has 0 spiro atoms. The van der Waals surface area contributed by atoms with Crippen LogP contribution in [0.4, 0.5) is 16.3 Å². The van der Waals surface area contributed by atoms with E-state index in [1.807, 2.05) is 26.0 Å². The molecule has 1 saturated carbocycles. The predicted octanol–water partition coefficient (Wildman–Crippen LogP) is 4.25. The van der Waals surface area contributed by atoms with Crippen molar-refractivity contribution in [2.45, 2.75) is 58.0 Å². The minimum absolute atomic E-state index is 0.297. The van der Waals surface area contributed by atoms with Crippen molar-refractivity contribution in [2.24, 2.45) is 16.6 Å². The van der Waals surface area contributed by atoms with Gasteiger partial charge in [-0.1, -0.05) is 23.7 Å². The highest BCUT2D eigenvalue weighted by atomic mass is 35.5. The molecule has 0 bridgehead atoms. The number of halogens is 1. The van der Waals surface area contributed by atoms with Crippen LogP contribution in [0.5, 0.6) is 5.88 Å². The maximum Gasteiger partial charge on any atom is 0.312 e. The van der Waals surface area contributed by atoms with Crippen molar-refractivity contribution in [1.29, 1.82) is 0 Å². The van der Waals surface area contributed by atoms with Gasteiger partial charge in [-0.05, 0) is 69.9 Å². The SMILES string of the molecule is Cc1nc(N)c2c(n1)OC(C)(C)C(c1ccc([C@H]3CC[C@H](CNC(N)=O)CC3)c(Cl)c1)=N2. The highest BCUT2D eigenvalue weighted by molar-refractivity contribution is 6.32. The van der Waals surface area contributed by atoms with Gasteiger partial charge in [0.2, 0.25) is 5.88 Å². The molecule has 5 N–H and O–H groups in total. The zero-order valence-corrected chi connectivity index (χ0v) is 19.4. The Hall–Kier alpha value is -2.87. The average Bonchev–Trinajstić information content (AvgIpc) is 2.71. The number of benzene rings is 1. The molecule has 0 saturated heterocycles. The van der Waals surface area contributed by atoms with E-state index < -0.39 is 11.6 Å². The topological polar surface area (TPSA) is 129 Å². The number of amides is 2. The van der Waals surface area contributed by atoms with E-state index in [0.717, 1.165) is 47.5 Å². The first-order chi connectivity index (χ1) is 15.1. The molecule has 1 aliphatic carbocycles. The van der Waals surface area contributed by atoms with Gasteiger partial charge in [0.15, 0.2) is 11.5 Å². The molecule has 2 aliphatic rings. The third-order valence-electron chi connectivity index (χ3n) is 6.26. The standard InChI is InChI=1S/C23H29ClN6O2/c1-12-28-20(25)18-21(29-12)32-23(2,3)19(30-18)15-8-9-16(17(24)10-15)14-6-4-13(5-7-14)11-27-22(26)31/h8-10,13-14H,4-7,11H2,1-3H3,(H2,25,28,29)(H3,26,27,31)/t13-,14-. The number of nitrogens with two attached hydrogens (primary N) is 2. The monoisotopic (exact) mass is 456 g/mol. The zero-order chi connectivity index (χ0) is 23.0. The Bertz CT molecular complexity index is 1080. The number of nitrogen functional groups attached to an aromatic ring is 1. The molecule has 0 atom stereocenters. The second kappa shape index (κ2) is 8.58. The molecule has 8 nitrogen and oxygen atoms in total. The fourth-order valence-electron chi connectivity index (χ4n) is 4.61. The van der Waals surface area contributed by atoms with Gasteiger partial charge < -0.3 is 21.5 Å². The number of nitrogens with one attached hydrogen (secondary N) is 1. The largest absolute Gasteiger partial charge is 0.463 e. The van der Waals surface area contributed by atoms with Gasteiger partial charge in [-0.2, -0.15) is 4.98 Å². The lowest BCUT2D eigenvalue weighted by molar-refractivity contribution is 0.171. The number of aliphatic imine (C=N–C) groups is 1. The number of aromatic nitrogens is 2. The van der Waals surface area contributed by atoms with Crippen LogP contribution in [0.25, 0.3) is 0 Å². The summed E-state index contributed by atoms with van der Waals surface area (Å²) in [6, 6.07) is 5.63. The molecule has 1 aromatic carbocycles. The van der Waals surface area contributed by atoms with E-state index in [1.54, 1.807) is 6.92 Å². The van der Waals surface area contributed by atoms with Crippen LogP contribution in [-0.2, 0) is 0 Å². The number of aryl methyl sites for hydroxylation is 1. The van der Waals surface area contributed by atoms with E-state index in [1.165, 1.54) is 0 Å². The maximum absolute atomic E-state index is 10.9. The molecule has 170 valence electrons. The van der Waals surface area contributed by atoms with Crippen LogP contribution in [0.2, 0.25) is 5.02 Å². The first kappa shape index (κ1) is 22.3. The van der Waals surface area contributed by atoms with Crippen LogP contribution in [0.1, 0.15) is 62.4 Å². The number of hydrogen-bond acceptors (Lipinski definition) is 6. The van der Waals surface area contributed by atoms with E-state index in [2.05, 4.69) is 21.4 Å². The first-order valence-corrected chi connectivity index (χ1v) is 11.3. The van der Waals surface area contributed by atoms with Crippen LogP contribution in [0.3, 0.4) is 0 Å². The number of primary amides is 1. The summed E-state index contributed by atoms with van der Waals surface area (Å²) in [5, 5.41) is 3.44. The number of rotatable bonds is 4. The van der Waals surface area contributed by atoms with Crippen LogP contribution in [0, 0.1) is 12.8 Å². The third kappa shape index (κ3) is 4.50. The second-order valence-electron chi connectivity index (χ2n) is 9.08. The summed E-state index contributed by atoms with van der Waals surface area (Å²) >= 11 is 6.75. The smallest absolute Gasteiger partial charge is 0.312 e. The van der Waals surface area contributed by atoms with Crippen molar-refractivity contribution in [1.82, 2.24) is 15.3 Å². The normalized spacial score (nSPS) is 21.8. The van der Waals surface area contributed by atoms with E-state index in [4.69, 9.17) is 32.8 Å². The van der Waals surface area contributed by atoms with E-state index in [0.29, 0.717) is 41.6 Å². The minimum Gasteiger partial charge on any atom is -0.463 e. The van der Waals surface area contributed by atoms with Gasteiger partial charge in [-0.15, -0.1) is 0 Å². The lowest BCUT2D eigenvalue weighted by Crippen LogP contribution is -2.41. The number of nitrogens with zero attached hydrogens (tertiary/aromatic N) is 3. The molecule has 0 radical (unpaired) electrons. The summed E-state index contributed by atoms with van der Waals surface area (Å²) < 4.78 is 6.14. The molecule has 2 heterocycles. The summed E-state index contributed by atoms with van der Waals surface area (Å²) in [7, 11) is 0. The Kier molecular flexibility index (Phi) is 5.99. The van der Waals surface area contributed by atoms with E-state index in [-0.39, 0.29) is 0 Å². The predicted molar refractivity (Wildman–Crippen MR) is 126 cm³/mol. The minimum atomic E-state index is -0.698. The number of anilines is 1. The highest BCUT2D eigenvalue weighted by Crippen LogP contribution is 2.42. The summed E-state index contributed by atoms with van der Waals surface area (Å²) in [6.45, 7) is 6.31. The quantitative estimate of drug-likeness (QED) is 0.633. The van der Waals surface area contributed by atoms with Crippen molar-refractivity contribution in [3.63, 3.8) is 0 Å². The van der Waals surface area contributed by atoms with Gasteiger partial charge in [0.05, 0.1) is 5.71 Å². The average molecular weight is 457 g/mol. The van der Waals surface area contributed by atoms with Crippen LogP contribution in [0.15, 0.2) is 23.2 Å². The lowest BCUT2D eigenvalue weighted by Gasteiger charge is -2.33. The van der Waals surface area contributed by atoms with Crippen molar-refractivity contribution in [2.75, 3.05) is 12.3 Å². The van der Waals surface area contributed by atoms with E-state index >= 15 is 0 Å². The molecule has 2 aromatic rings. The van der Waals surface area contributed by atoms with Gasteiger partial charge >= 0.3 is 6.03 Å². The van der Waals surface area contributed by atoms with Crippen LogP contribution in [-0.4, -0.2) is 33.9 Å². The Morgan fingerprint density at radius 3 is 2.62 bits per heavy atom. The summed E-state index contributed by atoms with van der Waals surface area (Å²) in [6.07, 6.45) is 4.12. The van der Waals surface area contributed by atoms with Crippen molar-refractivity contribution < 1.29 is 9.53 Å². The van der Waals surface area contributed by atoms with Crippen molar-refractivity contribution in [3.05, 3.63) is 40.2 Å². The number of hydrogen-bond donors (Lipinski definition) is 3. The Balaban J connectivity index is 1.56. The zero-order valence-electron chi connectivity index (χ0n) is 18.6. The molecule has 4 rings (SSSR count). The van der Waals surface area contributed by atoms with Crippen LogP contribution >= 0.6 is 11.6 Å². The molecule has 0 unspecified atom stereocenters. The van der Waals surface area contributed by atoms with Gasteiger partial charge in [0, 0.05) is 17.1 Å². The van der Waals surface area contributed by atoms with Gasteiger partial charge in [-0.3, -0.25) is 0 Å². The third-order valence-corrected chi connectivity index (χ3v) is 6.59. The molecular weight excluding hydrogens is 428 g/mol. The summed E-state index contributed by atoms with van der Waals surface area (Å²) in [4.78, 5) is 24.3. The van der Waals surface area contributed by atoms with Crippen molar-refractivity contribution >= 4 is 34.8 Å². The molecule has 32 heavy (non-hydrogen) atoms. The molecular formula is C23H29ClN6O2. The Morgan fingerprint density at radius 1 is 1.25 bits per heavy atom. The molecule has 1 aromatic heterocycles. The first-order valence-electron chi connectivity index (χ1n) is 10.9. The Labute approximate surface area is 192 Å². The number of carbonyl (C=O) groups is 1. The van der Waals surface area contributed by atoms with Crippen LogP contribution < -0.4 is 21.5 Å². The number of urea groups is 1. The Morgan fingerprint density at radius 2 is 1.97 bits per heavy atom. The summed E-state index contributed by atoms with van der Waals surface area (Å²) in [5.41, 5.74) is 13.8. The number of carbonyl (C=O) groups excluding carboxylic acids is 1.